The van der Waals surface area contributed by atoms with Crippen LogP contribution in [-0.4, -0.2) is 31.7 Å². The van der Waals surface area contributed by atoms with E-state index >= 15 is 0 Å². The Morgan fingerprint density at radius 3 is 3.04 bits per heavy atom. The topological polar surface area (TPSA) is 67.6 Å². The minimum Gasteiger partial charge on any atom is -0.329 e. The number of amides is 1. The standard InChI is InChI=1S/C18H14N4O2S2/c23-16(11-10-19-18-22(17(11)24)8-9-25-18)21-7-3-5-13(21)15-20-12-4-1-2-6-14(12)26-15/h1-2,4,6,8-10,13H,3,5,7H2. The number of rotatable bonds is 2. The molecule has 1 aromatic carbocycles. The SMILES string of the molecule is O=C(c1cnc2sccn2c1=O)N1CCCC1c1nc2ccccc2s1. The molecule has 0 aliphatic carbocycles. The minimum atomic E-state index is -0.309. The van der Waals surface area contributed by atoms with E-state index in [4.69, 9.17) is 4.98 Å². The van der Waals surface area contributed by atoms with Gasteiger partial charge in [-0.25, -0.2) is 9.97 Å². The molecule has 1 amide bonds. The molecular weight excluding hydrogens is 368 g/mol. The number of thiazole rings is 2. The van der Waals surface area contributed by atoms with Crippen LogP contribution in [0.5, 0.6) is 0 Å². The number of carbonyl (C=O) groups excluding carboxylic acids is 1. The summed E-state index contributed by atoms with van der Waals surface area (Å²) in [6, 6.07) is 7.90. The number of likely N-dealkylation sites (tertiary alicyclic amines) is 1. The van der Waals surface area contributed by atoms with Crippen LogP contribution in [0.3, 0.4) is 0 Å². The monoisotopic (exact) mass is 382 g/mol. The van der Waals surface area contributed by atoms with Crippen LogP contribution >= 0.6 is 22.7 Å². The van der Waals surface area contributed by atoms with Gasteiger partial charge in [-0.15, -0.1) is 22.7 Å². The average Bonchev–Trinajstić information content (AvgIpc) is 3.38. The second kappa shape index (κ2) is 6.00. The second-order valence-electron chi connectivity index (χ2n) is 6.21. The zero-order valence-corrected chi connectivity index (χ0v) is 15.3. The van der Waals surface area contributed by atoms with Crippen molar-refractivity contribution in [2.45, 2.75) is 18.9 Å². The highest BCUT2D eigenvalue weighted by Crippen LogP contribution is 2.36. The van der Waals surface area contributed by atoms with Gasteiger partial charge in [0.2, 0.25) is 0 Å². The van der Waals surface area contributed by atoms with E-state index in [9.17, 15) is 9.59 Å². The zero-order valence-electron chi connectivity index (χ0n) is 13.7. The van der Waals surface area contributed by atoms with Crippen LogP contribution in [0.4, 0.5) is 0 Å². The van der Waals surface area contributed by atoms with Gasteiger partial charge in [0.15, 0.2) is 4.96 Å². The lowest BCUT2D eigenvalue weighted by molar-refractivity contribution is 0.0733. The smallest absolute Gasteiger partial charge is 0.271 e. The van der Waals surface area contributed by atoms with Crippen LogP contribution in [0.25, 0.3) is 15.2 Å². The van der Waals surface area contributed by atoms with Crippen molar-refractivity contribution < 1.29 is 4.79 Å². The molecule has 1 saturated heterocycles. The van der Waals surface area contributed by atoms with Crippen LogP contribution in [-0.2, 0) is 0 Å². The van der Waals surface area contributed by atoms with Gasteiger partial charge in [-0.1, -0.05) is 12.1 Å². The fourth-order valence-corrected chi connectivity index (χ4v) is 5.22. The summed E-state index contributed by atoms with van der Waals surface area (Å²) in [5.41, 5.74) is 0.762. The molecule has 3 aromatic heterocycles. The largest absolute Gasteiger partial charge is 0.329 e. The Balaban J connectivity index is 1.54. The molecule has 0 N–H and O–H groups in total. The van der Waals surface area contributed by atoms with Gasteiger partial charge in [0.25, 0.3) is 11.5 Å². The first-order valence-corrected chi connectivity index (χ1v) is 10.0. The zero-order chi connectivity index (χ0) is 17.7. The first-order valence-electron chi connectivity index (χ1n) is 8.34. The van der Waals surface area contributed by atoms with E-state index in [0.717, 1.165) is 28.1 Å². The van der Waals surface area contributed by atoms with Crippen molar-refractivity contribution in [3.63, 3.8) is 0 Å². The lowest BCUT2D eigenvalue weighted by atomic mass is 10.2. The van der Waals surface area contributed by atoms with Gasteiger partial charge in [-0.2, -0.15) is 0 Å². The average molecular weight is 382 g/mol. The van der Waals surface area contributed by atoms with E-state index in [1.165, 1.54) is 21.9 Å². The van der Waals surface area contributed by atoms with Crippen LogP contribution in [0, 0.1) is 0 Å². The lowest BCUT2D eigenvalue weighted by Gasteiger charge is -2.22. The van der Waals surface area contributed by atoms with Gasteiger partial charge in [-0.3, -0.25) is 14.0 Å². The molecule has 4 heterocycles. The molecule has 1 atom stereocenters. The Kier molecular flexibility index (Phi) is 3.61. The molecule has 130 valence electrons. The molecule has 0 bridgehead atoms. The highest BCUT2D eigenvalue weighted by molar-refractivity contribution is 7.18. The molecule has 0 spiro atoms. The van der Waals surface area contributed by atoms with Crippen molar-refractivity contribution in [2.24, 2.45) is 0 Å². The van der Waals surface area contributed by atoms with Crippen molar-refractivity contribution in [1.82, 2.24) is 19.3 Å². The Hall–Kier alpha value is -2.58. The number of benzene rings is 1. The van der Waals surface area contributed by atoms with Gasteiger partial charge < -0.3 is 4.90 Å². The predicted molar refractivity (Wildman–Crippen MR) is 102 cm³/mol. The third kappa shape index (κ3) is 2.37. The van der Waals surface area contributed by atoms with E-state index in [2.05, 4.69) is 4.98 Å². The van der Waals surface area contributed by atoms with E-state index in [0.29, 0.717) is 11.5 Å². The first-order chi connectivity index (χ1) is 12.7. The van der Waals surface area contributed by atoms with Crippen LogP contribution in [0.1, 0.15) is 34.2 Å². The molecule has 0 radical (unpaired) electrons. The second-order valence-corrected chi connectivity index (χ2v) is 8.14. The summed E-state index contributed by atoms with van der Waals surface area (Å²) >= 11 is 2.99. The molecule has 1 fully saturated rings. The molecule has 1 aliphatic rings. The summed E-state index contributed by atoms with van der Waals surface area (Å²) in [7, 11) is 0. The summed E-state index contributed by atoms with van der Waals surface area (Å²) < 4.78 is 2.55. The number of hydrogen-bond acceptors (Lipinski definition) is 6. The minimum absolute atomic E-state index is 0.0810. The van der Waals surface area contributed by atoms with E-state index in [1.54, 1.807) is 27.8 Å². The highest BCUT2D eigenvalue weighted by Gasteiger charge is 2.34. The third-order valence-electron chi connectivity index (χ3n) is 4.68. The van der Waals surface area contributed by atoms with Crippen LogP contribution in [0.15, 0.2) is 46.8 Å². The number of carbonyl (C=O) groups is 1. The Morgan fingerprint density at radius 1 is 1.27 bits per heavy atom. The van der Waals surface area contributed by atoms with Gasteiger partial charge in [0.05, 0.1) is 16.3 Å². The van der Waals surface area contributed by atoms with Crippen LogP contribution < -0.4 is 5.56 Å². The molecule has 5 rings (SSSR count). The summed E-state index contributed by atoms with van der Waals surface area (Å²) in [4.78, 5) is 37.1. The van der Waals surface area contributed by atoms with Gasteiger partial charge in [-0.05, 0) is 25.0 Å². The molecule has 1 aliphatic heterocycles. The van der Waals surface area contributed by atoms with Crippen molar-refractivity contribution in [3.8, 4) is 0 Å². The number of para-hydroxylation sites is 1. The maximum absolute atomic E-state index is 13.1. The third-order valence-corrected chi connectivity index (χ3v) is 6.59. The summed E-state index contributed by atoms with van der Waals surface area (Å²) in [5.74, 6) is -0.259. The molecule has 6 nitrogen and oxygen atoms in total. The molecule has 4 aromatic rings. The van der Waals surface area contributed by atoms with Gasteiger partial charge >= 0.3 is 0 Å². The Labute approximate surface area is 156 Å². The van der Waals surface area contributed by atoms with Crippen molar-refractivity contribution >= 4 is 43.8 Å². The van der Waals surface area contributed by atoms with E-state index in [1.807, 2.05) is 24.3 Å². The van der Waals surface area contributed by atoms with Gasteiger partial charge in [0.1, 0.15) is 10.6 Å². The Morgan fingerprint density at radius 2 is 2.15 bits per heavy atom. The van der Waals surface area contributed by atoms with Crippen molar-refractivity contribution in [1.29, 1.82) is 0 Å². The molecule has 8 heteroatoms. The molecular formula is C18H14N4O2S2. The quantitative estimate of drug-likeness (QED) is 0.533. The molecule has 1 unspecified atom stereocenters. The normalized spacial score (nSPS) is 17.4. The summed E-state index contributed by atoms with van der Waals surface area (Å²) in [5, 5.41) is 2.72. The van der Waals surface area contributed by atoms with Gasteiger partial charge in [0, 0.05) is 24.3 Å². The number of hydrogen-bond donors (Lipinski definition) is 0. The maximum Gasteiger partial charge on any atom is 0.271 e. The maximum atomic E-state index is 13.1. The fraction of sp³-hybridized carbons (Fsp3) is 0.222. The highest BCUT2D eigenvalue weighted by atomic mass is 32.1. The number of aromatic nitrogens is 3. The van der Waals surface area contributed by atoms with Crippen molar-refractivity contribution in [3.05, 3.63) is 63.0 Å². The summed E-state index contributed by atoms with van der Waals surface area (Å²) in [6.45, 7) is 0.630. The molecule has 26 heavy (non-hydrogen) atoms. The first kappa shape index (κ1) is 15.7. The van der Waals surface area contributed by atoms with Crippen LogP contribution in [0.2, 0.25) is 0 Å². The Bertz CT molecular complexity index is 1160. The van der Waals surface area contributed by atoms with E-state index < -0.39 is 0 Å². The fourth-order valence-electron chi connectivity index (χ4n) is 3.43. The lowest BCUT2D eigenvalue weighted by Crippen LogP contribution is -2.35. The number of nitrogens with zero attached hydrogens (tertiary/aromatic N) is 4. The van der Waals surface area contributed by atoms with E-state index in [-0.39, 0.29) is 23.1 Å². The predicted octanol–water partition coefficient (Wildman–Crippen LogP) is 3.34. The molecule has 0 saturated carbocycles. The number of fused-ring (bicyclic) bond motifs is 2. The summed E-state index contributed by atoms with van der Waals surface area (Å²) in [6.07, 6.45) is 4.83. The van der Waals surface area contributed by atoms with Crippen molar-refractivity contribution in [2.75, 3.05) is 6.54 Å².